The van der Waals surface area contributed by atoms with Crippen molar-refractivity contribution in [3.63, 3.8) is 0 Å². The number of nitrogens with one attached hydrogen (secondary N) is 1. The summed E-state index contributed by atoms with van der Waals surface area (Å²) in [6, 6.07) is 15.5. The topological polar surface area (TPSA) is 247 Å². The highest BCUT2D eigenvalue weighted by molar-refractivity contribution is 6.31. The molecule has 6 rings (SSSR count). The predicted octanol–water partition coefficient (Wildman–Crippen LogP) is 1.72. The average Bonchev–Trinajstić information content (AvgIpc) is 3.27. The van der Waals surface area contributed by atoms with Crippen LogP contribution in [0.15, 0.2) is 48.5 Å². The first kappa shape index (κ1) is 46.7. The number of aromatic nitrogens is 2. The average molecular weight is 882 g/mol. The van der Waals surface area contributed by atoms with Crippen LogP contribution < -0.4 is 26.3 Å². The number of nitrogens with two attached hydrogens (primary N) is 2. The van der Waals surface area contributed by atoms with Crippen molar-refractivity contribution in [1.29, 1.82) is 0 Å². The molecule has 1 unspecified atom stereocenters. The first-order chi connectivity index (χ1) is 29.7. The Morgan fingerprint density at radius 3 is 1.68 bits per heavy atom. The van der Waals surface area contributed by atoms with Gasteiger partial charge in [0.05, 0.1) is 56.6 Å². The summed E-state index contributed by atoms with van der Waals surface area (Å²) in [7, 11) is 0. The number of aliphatic hydroxyl groups excluding tert-OH is 2. The van der Waals surface area contributed by atoms with Crippen molar-refractivity contribution < 1.29 is 48.8 Å². The van der Waals surface area contributed by atoms with Gasteiger partial charge in [-0.15, -0.1) is 0 Å². The highest BCUT2D eigenvalue weighted by Crippen LogP contribution is 2.26. The van der Waals surface area contributed by atoms with Crippen molar-refractivity contribution in [2.45, 2.75) is 81.5 Å². The molecule has 0 saturated carbocycles. The van der Waals surface area contributed by atoms with Gasteiger partial charge in [0.15, 0.2) is 35.7 Å². The number of carbonyl (C=O) groups is 3. The fourth-order valence-corrected chi connectivity index (χ4v) is 8.82. The molecule has 3 amide bonds. The number of likely N-dealkylation sites (tertiary alicyclic amines) is 3. The Hall–Kier alpha value is -4.78. The summed E-state index contributed by atoms with van der Waals surface area (Å²) in [5.74, 6) is 0.331. The van der Waals surface area contributed by atoms with E-state index in [1.54, 1.807) is 9.80 Å². The molecule has 0 aliphatic carbocycles. The second kappa shape index (κ2) is 21.1. The molecule has 0 radical (unpaired) electrons. The van der Waals surface area contributed by atoms with E-state index in [2.05, 4.69) is 15.3 Å². The normalized spacial score (nSPS) is 19.4. The number of aliphatic hydroxyl groups is 4. The maximum atomic E-state index is 13.4. The lowest BCUT2D eigenvalue weighted by Crippen LogP contribution is -2.60. The molecule has 3 fully saturated rings. The number of quaternary nitrogens is 1. The van der Waals surface area contributed by atoms with Crippen molar-refractivity contribution in [1.82, 2.24) is 25.1 Å². The van der Waals surface area contributed by atoms with Crippen LogP contribution in [0, 0.1) is 0 Å². The summed E-state index contributed by atoms with van der Waals surface area (Å²) in [5, 5.41) is 42.4. The van der Waals surface area contributed by atoms with Gasteiger partial charge in [0.1, 0.15) is 11.5 Å². The highest BCUT2D eigenvalue weighted by Gasteiger charge is 2.37. The number of ether oxygens (including phenoxy) is 2. The zero-order chi connectivity index (χ0) is 44.3. The van der Waals surface area contributed by atoms with Crippen LogP contribution >= 0.6 is 11.6 Å². The predicted molar refractivity (Wildman–Crippen MR) is 232 cm³/mol. The minimum absolute atomic E-state index is 0.0373. The van der Waals surface area contributed by atoms with Gasteiger partial charge >= 0.3 is 0 Å². The summed E-state index contributed by atoms with van der Waals surface area (Å²) in [6.45, 7) is 4.17. The Kier molecular flexibility index (Phi) is 15.9. The van der Waals surface area contributed by atoms with Gasteiger partial charge in [-0.05, 0) is 86.8 Å². The third-order valence-electron chi connectivity index (χ3n) is 12.7. The summed E-state index contributed by atoms with van der Waals surface area (Å²) < 4.78 is 12.4. The number of hydrogen-bond donors (Lipinski definition) is 7. The summed E-state index contributed by atoms with van der Waals surface area (Å²) in [5.41, 5.74) is 11.7. The smallest absolute Gasteiger partial charge is 0.274 e. The molecule has 3 aromatic rings. The second-order valence-corrected chi connectivity index (χ2v) is 17.6. The van der Waals surface area contributed by atoms with Crippen molar-refractivity contribution in [2.75, 3.05) is 90.3 Å². The van der Waals surface area contributed by atoms with Crippen LogP contribution in [0.25, 0.3) is 0 Å². The fourth-order valence-electron chi connectivity index (χ4n) is 8.70. The van der Waals surface area contributed by atoms with Gasteiger partial charge in [-0.25, -0.2) is 9.97 Å². The van der Waals surface area contributed by atoms with E-state index in [-0.39, 0.29) is 66.8 Å². The molecule has 2 aromatic carbocycles. The number of anilines is 2. The summed E-state index contributed by atoms with van der Waals surface area (Å²) in [4.78, 5) is 50.2. The first-order valence-corrected chi connectivity index (χ1v) is 22.0. The molecular weight excluding hydrogens is 820 g/mol. The number of nitrogen functional groups attached to an aromatic ring is 2. The fraction of sp³-hybridized carbons (Fsp3) is 0.568. The zero-order valence-corrected chi connectivity index (χ0v) is 36.1. The van der Waals surface area contributed by atoms with Crippen LogP contribution in [0.2, 0.25) is 5.15 Å². The molecule has 9 N–H and O–H groups in total. The van der Waals surface area contributed by atoms with Crippen LogP contribution in [0.1, 0.15) is 73.0 Å². The molecule has 62 heavy (non-hydrogen) atoms. The Morgan fingerprint density at radius 1 is 0.758 bits per heavy atom. The van der Waals surface area contributed by atoms with Crippen molar-refractivity contribution in [2.24, 2.45) is 0 Å². The number of hydrogen-bond acceptors (Lipinski definition) is 13. The standard InChI is InChI=1S/C44H61ClN8O9/c45-39-41(47)50-40(46)38(49-39)42(58)48-33-6-3-25-53(26-33,23-1-4-31-7-11-34(12-8-31)61-27-36(56)51-19-15-43(59,29-54)16-20-51)24-2-5-32-9-13-35(14-10-32)62-28-37(57)52-21-17-44(60,30-55)18-22-52/h7-14,33,54-55,59-60H,1-6,15-30H2,(H4-,46,47,48,50,58)/p+1. The van der Waals surface area contributed by atoms with Crippen molar-refractivity contribution in [3.05, 3.63) is 70.5 Å². The van der Waals surface area contributed by atoms with Crippen molar-refractivity contribution in [3.8, 4) is 11.5 Å². The number of carbonyl (C=O) groups excluding carboxylic acids is 3. The Bertz CT molecular complexity index is 1880. The van der Waals surface area contributed by atoms with E-state index >= 15 is 0 Å². The van der Waals surface area contributed by atoms with Gasteiger partial charge in [-0.3, -0.25) is 14.4 Å². The third-order valence-corrected chi connectivity index (χ3v) is 13.0. The van der Waals surface area contributed by atoms with Crippen LogP contribution in [-0.2, 0) is 22.4 Å². The molecule has 18 heteroatoms. The number of halogens is 1. The molecule has 1 aromatic heterocycles. The summed E-state index contributed by atoms with van der Waals surface area (Å²) in [6.07, 6.45) is 6.54. The van der Waals surface area contributed by atoms with E-state index in [1.165, 1.54) is 0 Å². The summed E-state index contributed by atoms with van der Waals surface area (Å²) >= 11 is 6.08. The molecule has 3 aliphatic heterocycles. The number of nitrogens with zero attached hydrogens (tertiary/aromatic N) is 5. The monoisotopic (exact) mass is 881 g/mol. The van der Waals surface area contributed by atoms with E-state index in [9.17, 15) is 34.8 Å². The van der Waals surface area contributed by atoms with E-state index < -0.39 is 17.1 Å². The minimum Gasteiger partial charge on any atom is -0.484 e. The largest absolute Gasteiger partial charge is 0.484 e. The molecular formula is C44H62ClN8O9+. The van der Waals surface area contributed by atoms with Gasteiger partial charge in [0, 0.05) is 39.0 Å². The Balaban J connectivity index is 1.02. The maximum absolute atomic E-state index is 13.4. The number of amides is 3. The molecule has 17 nitrogen and oxygen atoms in total. The van der Waals surface area contributed by atoms with Crippen LogP contribution in [0.5, 0.6) is 11.5 Å². The number of piperidine rings is 3. The number of rotatable bonds is 18. The van der Waals surface area contributed by atoms with E-state index in [0.717, 1.165) is 80.3 Å². The van der Waals surface area contributed by atoms with Crippen molar-refractivity contribution >= 4 is 41.0 Å². The number of aryl methyl sites for hydroxylation is 2. The van der Waals surface area contributed by atoms with Gasteiger partial charge in [0.2, 0.25) is 0 Å². The lowest BCUT2D eigenvalue weighted by atomic mass is 9.92. The third kappa shape index (κ3) is 12.7. The van der Waals surface area contributed by atoms with Gasteiger partial charge in [0.25, 0.3) is 17.7 Å². The van der Waals surface area contributed by atoms with Crippen LogP contribution in [0.3, 0.4) is 0 Å². The van der Waals surface area contributed by atoms with Gasteiger partial charge in [-0.2, -0.15) is 0 Å². The maximum Gasteiger partial charge on any atom is 0.274 e. The molecule has 1 atom stereocenters. The molecule has 4 heterocycles. The molecule has 3 aliphatic rings. The quantitative estimate of drug-likeness (QED) is 0.0902. The Labute approximate surface area is 367 Å². The molecule has 338 valence electrons. The van der Waals surface area contributed by atoms with E-state index in [1.807, 2.05) is 48.5 Å². The zero-order valence-electron chi connectivity index (χ0n) is 35.4. The SMILES string of the molecule is Nc1nc(N)c(C(=O)NC2CCC[N+](CCCc3ccc(OCC(=O)N4CCC(O)(CO)CC4)cc3)(CCCc3ccc(OCC(=O)N4CCC(O)(CO)CC4)cc3)C2)nc1Cl. The first-order valence-electron chi connectivity index (χ1n) is 21.6. The van der Waals surface area contributed by atoms with Gasteiger partial charge in [-0.1, -0.05) is 35.9 Å². The number of benzene rings is 2. The van der Waals surface area contributed by atoms with E-state index in [0.29, 0.717) is 63.4 Å². The lowest BCUT2D eigenvalue weighted by Gasteiger charge is -2.45. The second-order valence-electron chi connectivity index (χ2n) is 17.2. The highest BCUT2D eigenvalue weighted by atomic mass is 35.5. The molecule has 0 spiro atoms. The Morgan fingerprint density at radius 2 is 1.23 bits per heavy atom. The lowest BCUT2D eigenvalue weighted by molar-refractivity contribution is -0.933. The van der Waals surface area contributed by atoms with Crippen LogP contribution in [-0.4, -0.2) is 158 Å². The molecule has 3 saturated heterocycles. The minimum atomic E-state index is -1.12. The van der Waals surface area contributed by atoms with E-state index in [4.69, 9.17) is 32.5 Å². The van der Waals surface area contributed by atoms with Crippen LogP contribution in [0.4, 0.5) is 11.6 Å². The van der Waals surface area contributed by atoms with Gasteiger partial charge < -0.3 is 61.0 Å². The molecule has 0 bridgehead atoms.